The fourth-order valence-corrected chi connectivity index (χ4v) is 3.78. The zero-order valence-electron chi connectivity index (χ0n) is 17.1. The summed E-state index contributed by atoms with van der Waals surface area (Å²) in [4.78, 5) is 0. The summed E-state index contributed by atoms with van der Waals surface area (Å²) in [6.45, 7) is 2.06. The summed E-state index contributed by atoms with van der Waals surface area (Å²) < 4.78 is 17.2. The van der Waals surface area contributed by atoms with Crippen LogP contribution >= 0.6 is 0 Å². The van der Waals surface area contributed by atoms with Gasteiger partial charge >= 0.3 is 0 Å². The van der Waals surface area contributed by atoms with E-state index < -0.39 is 0 Å². The molecular formula is C29H20FN. The van der Waals surface area contributed by atoms with Gasteiger partial charge in [0.25, 0.3) is 0 Å². The lowest BCUT2D eigenvalue weighted by Gasteiger charge is -2.12. The minimum Gasteiger partial charge on any atom is -0.309 e. The first-order chi connectivity index (χ1) is 15.2. The van der Waals surface area contributed by atoms with Crippen molar-refractivity contribution < 1.29 is 4.39 Å². The zero-order valence-corrected chi connectivity index (χ0v) is 17.1. The Morgan fingerprint density at radius 3 is 2.10 bits per heavy atom. The van der Waals surface area contributed by atoms with Crippen LogP contribution in [-0.2, 0) is 0 Å². The van der Waals surface area contributed by atoms with Crippen LogP contribution in [0.2, 0.25) is 0 Å². The predicted octanol–water partition coefficient (Wildman–Crippen LogP) is 7.14. The van der Waals surface area contributed by atoms with Crippen LogP contribution in [0, 0.1) is 24.6 Å². The number of aryl methyl sites for hydroxylation is 1. The van der Waals surface area contributed by atoms with Gasteiger partial charge in [-0.2, -0.15) is 0 Å². The third-order valence-electron chi connectivity index (χ3n) is 5.37. The van der Waals surface area contributed by atoms with E-state index >= 15 is 4.39 Å². The van der Waals surface area contributed by atoms with Gasteiger partial charge in [0.15, 0.2) is 0 Å². The molecule has 0 fully saturated rings. The van der Waals surface area contributed by atoms with Crippen molar-refractivity contribution in [3.8, 4) is 28.8 Å². The highest BCUT2D eigenvalue weighted by Gasteiger charge is 2.15. The molecule has 0 unspecified atom stereocenters. The molecule has 2 heteroatoms. The van der Waals surface area contributed by atoms with E-state index in [1.54, 1.807) is 6.07 Å². The van der Waals surface area contributed by atoms with Crippen LogP contribution in [0.3, 0.4) is 0 Å². The minimum atomic E-state index is -0.318. The van der Waals surface area contributed by atoms with Crippen molar-refractivity contribution in [1.82, 2.24) is 4.57 Å². The Balaban J connectivity index is 1.71. The van der Waals surface area contributed by atoms with Crippen LogP contribution in [-0.4, -0.2) is 4.57 Å². The van der Waals surface area contributed by atoms with Gasteiger partial charge in [0, 0.05) is 16.6 Å². The van der Waals surface area contributed by atoms with Gasteiger partial charge in [0.05, 0.1) is 16.8 Å². The van der Waals surface area contributed by atoms with Crippen LogP contribution in [0.25, 0.3) is 27.8 Å². The maximum Gasteiger partial charge on any atom is 0.140 e. The largest absolute Gasteiger partial charge is 0.309 e. The Morgan fingerprint density at radius 1 is 0.710 bits per heavy atom. The molecule has 5 aromatic rings. The molecule has 1 nitrogen and oxygen atoms in total. The molecule has 0 saturated heterocycles. The van der Waals surface area contributed by atoms with Crippen LogP contribution in [0.4, 0.5) is 4.39 Å². The molecule has 0 aliphatic rings. The highest BCUT2D eigenvalue weighted by molar-refractivity contribution is 5.90. The monoisotopic (exact) mass is 401 g/mol. The van der Waals surface area contributed by atoms with Crippen molar-refractivity contribution >= 4 is 10.9 Å². The molecule has 0 N–H and O–H groups in total. The van der Waals surface area contributed by atoms with E-state index in [1.807, 2.05) is 54.6 Å². The molecule has 0 radical (unpaired) electrons. The molecule has 0 bridgehead atoms. The summed E-state index contributed by atoms with van der Waals surface area (Å²) in [5.74, 6) is 5.75. The summed E-state index contributed by atoms with van der Waals surface area (Å²) in [6, 6.07) is 33.7. The van der Waals surface area contributed by atoms with Gasteiger partial charge in [-0.1, -0.05) is 78.1 Å². The minimum absolute atomic E-state index is 0.318. The molecule has 0 atom stereocenters. The summed E-state index contributed by atoms with van der Waals surface area (Å²) in [6.07, 6.45) is 0. The lowest BCUT2D eigenvalue weighted by Crippen LogP contribution is -1.97. The van der Waals surface area contributed by atoms with Crippen molar-refractivity contribution in [2.45, 2.75) is 6.92 Å². The molecule has 1 aromatic heterocycles. The Bertz CT molecular complexity index is 1420. The number of benzene rings is 4. The Kier molecular flexibility index (Phi) is 4.86. The molecule has 0 aliphatic heterocycles. The topological polar surface area (TPSA) is 4.93 Å². The Morgan fingerprint density at radius 2 is 1.39 bits per heavy atom. The van der Waals surface area contributed by atoms with Gasteiger partial charge in [-0.05, 0) is 55.0 Å². The van der Waals surface area contributed by atoms with Gasteiger partial charge in [0.2, 0.25) is 0 Å². The quantitative estimate of drug-likeness (QED) is 0.277. The molecule has 5 rings (SSSR count). The third kappa shape index (κ3) is 3.74. The van der Waals surface area contributed by atoms with Crippen molar-refractivity contribution in [2.24, 2.45) is 0 Å². The fourth-order valence-electron chi connectivity index (χ4n) is 3.78. The van der Waals surface area contributed by atoms with Gasteiger partial charge in [-0.15, -0.1) is 0 Å². The van der Waals surface area contributed by atoms with Crippen molar-refractivity contribution in [1.29, 1.82) is 0 Å². The Hall–Kier alpha value is -4.09. The van der Waals surface area contributed by atoms with E-state index in [0.29, 0.717) is 5.56 Å². The molecule has 31 heavy (non-hydrogen) atoms. The normalized spacial score (nSPS) is 10.6. The second kappa shape index (κ2) is 7.97. The van der Waals surface area contributed by atoms with Gasteiger partial charge in [-0.3, -0.25) is 0 Å². The molecule has 0 aliphatic carbocycles. The fraction of sp³-hybridized carbons (Fsp3) is 0.0345. The SMILES string of the molecule is Cc1ccc(-n2c(-c3ccccc3)cc3cc(C#Cc4ccccc4)c(F)cc32)cc1. The first-order valence-electron chi connectivity index (χ1n) is 10.2. The summed E-state index contributed by atoms with van der Waals surface area (Å²) in [5, 5.41) is 0.957. The van der Waals surface area contributed by atoms with E-state index in [-0.39, 0.29) is 5.82 Å². The number of hydrogen-bond donors (Lipinski definition) is 0. The van der Waals surface area contributed by atoms with Crippen molar-refractivity contribution in [3.05, 3.63) is 126 Å². The standard InChI is InChI=1S/C29H20FN/c1-21-12-16-26(17-13-21)31-28(23-10-6-3-7-11-23)19-25-18-24(27(30)20-29(25)31)15-14-22-8-4-2-5-9-22/h2-13,16-20H,1H3. The van der Waals surface area contributed by atoms with Crippen LogP contribution in [0.15, 0.2) is 103 Å². The number of rotatable bonds is 2. The van der Waals surface area contributed by atoms with E-state index in [9.17, 15) is 0 Å². The summed E-state index contributed by atoms with van der Waals surface area (Å²) >= 11 is 0. The maximum atomic E-state index is 15.1. The van der Waals surface area contributed by atoms with Crippen molar-refractivity contribution in [3.63, 3.8) is 0 Å². The number of aromatic nitrogens is 1. The molecule has 0 saturated carbocycles. The summed E-state index contributed by atoms with van der Waals surface area (Å²) in [5.41, 5.74) is 6.38. The average molecular weight is 401 g/mol. The van der Waals surface area contributed by atoms with E-state index in [2.05, 4.69) is 65.8 Å². The molecule has 0 amide bonds. The van der Waals surface area contributed by atoms with Crippen LogP contribution < -0.4 is 0 Å². The Labute approximate surface area is 181 Å². The molecule has 148 valence electrons. The average Bonchev–Trinajstić information content (AvgIpc) is 3.17. The van der Waals surface area contributed by atoms with Crippen LogP contribution in [0.5, 0.6) is 0 Å². The van der Waals surface area contributed by atoms with Crippen LogP contribution in [0.1, 0.15) is 16.7 Å². The summed E-state index contributed by atoms with van der Waals surface area (Å²) in [7, 11) is 0. The lowest BCUT2D eigenvalue weighted by atomic mass is 10.1. The van der Waals surface area contributed by atoms with Gasteiger partial charge < -0.3 is 4.57 Å². The zero-order chi connectivity index (χ0) is 21.2. The number of halogens is 1. The first-order valence-corrected chi connectivity index (χ1v) is 10.2. The first kappa shape index (κ1) is 18.9. The molecule has 0 spiro atoms. The van der Waals surface area contributed by atoms with Crippen molar-refractivity contribution in [2.75, 3.05) is 0 Å². The molecule has 1 heterocycles. The molecule has 4 aromatic carbocycles. The van der Waals surface area contributed by atoms with E-state index in [4.69, 9.17) is 0 Å². The smallest absolute Gasteiger partial charge is 0.140 e. The van der Waals surface area contributed by atoms with E-state index in [0.717, 1.165) is 33.4 Å². The second-order valence-corrected chi connectivity index (χ2v) is 7.57. The third-order valence-corrected chi connectivity index (χ3v) is 5.37. The number of fused-ring (bicyclic) bond motifs is 1. The van der Waals surface area contributed by atoms with Gasteiger partial charge in [0.1, 0.15) is 5.82 Å². The second-order valence-electron chi connectivity index (χ2n) is 7.57. The highest BCUT2D eigenvalue weighted by atomic mass is 19.1. The maximum absolute atomic E-state index is 15.1. The predicted molar refractivity (Wildman–Crippen MR) is 126 cm³/mol. The molecular weight excluding hydrogens is 381 g/mol. The van der Waals surface area contributed by atoms with Gasteiger partial charge in [-0.25, -0.2) is 4.39 Å². The number of nitrogens with zero attached hydrogens (tertiary/aromatic N) is 1. The van der Waals surface area contributed by atoms with E-state index in [1.165, 1.54) is 5.56 Å². The number of hydrogen-bond acceptors (Lipinski definition) is 0. The highest BCUT2D eigenvalue weighted by Crippen LogP contribution is 2.33. The lowest BCUT2D eigenvalue weighted by molar-refractivity contribution is 0.626.